The molecule has 0 saturated carbocycles. The molecule has 2 N–H and O–H groups in total. The molecule has 2 bridgehead atoms. The Morgan fingerprint density at radius 2 is 1.64 bits per heavy atom. The molecule has 5 rings (SSSR count). The molecule has 5 heteroatoms. The summed E-state index contributed by atoms with van der Waals surface area (Å²) in [4.78, 5) is 13.9. The largest absolute Gasteiger partial charge is 0.482 e. The zero-order chi connectivity index (χ0) is 16.8. The highest BCUT2D eigenvalue weighted by atomic mass is 16.5. The molecular weight excluding hydrogens is 314 g/mol. The molecule has 0 spiro atoms. The molecule has 25 heavy (non-hydrogen) atoms. The van der Waals surface area contributed by atoms with E-state index in [0.717, 1.165) is 29.1 Å². The second-order valence-corrected chi connectivity index (χ2v) is 7.09. The molecule has 3 aliphatic heterocycles. The molecule has 2 aromatic carbocycles. The summed E-state index contributed by atoms with van der Waals surface area (Å²) in [7, 11) is 0. The first-order chi connectivity index (χ1) is 12.3. The highest BCUT2D eigenvalue weighted by molar-refractivity contribution is 5.95. The van der Waals surface area contributed by atoms with Gasteiger partial charge in [0.15, 0.2) is 6.61 Å². The highest BCUT2D eigenvalue weighted by Crippen LogP contribution is 2.41. The van der Waals surface area contributed by atoms with Crippen LogP contribution in [0.25, 0.3) is 0 Å². The van der Waals surface area contributed by atoms with E-state index >= 15 is 0 Å². The molecule has 0 aromatic heterocycles. The lowest BCUT2D eigenvalue weighted by Crippen LogP contribution is -2.27. The zero-order valence-electron chi connectivity index (χ0n) is 14.0. The highest BCUT2D eigenvalue weighted by Gasteiger charge is 2.39. The normalized spacial score (nSPS) is 23.8. The number of hydrogen-bond donors (Lipinski definition) is 2. The van der Waals surface area contributed by atoms with E-state index in [1.807, 2.05) is 18.2 Å². The molecule has 0 unspecified atom stereocenters. The Morgan fingerprint density at radius 1 is 0.960 bits per heavy atom. The number of anilines is 4. The second kappa shape index (κ2) is 5.69. The van der Waals surface area contributed by atoms with E-state index in [9.17, 15) is 4.79 Å². The minimum atomic E-state index is -0.111. The van der Waals surface area contributed by atoms with Crippen LogP contribution in [-0.2, 0) is 4.79 Å². The number of benzene rings is 2. The van der Waals surface area contributed by atoms with Crippen LogP contribution in [0.3, 0.4) is 0 Å². The van der Waals surface area contributed by atoms with E-state index in [0.29, 0.717) is 5.75 Å². The van der Waals surface area contributed by atoms with Gasteiger partial charge in [-0.3, -0.25) is 4.79 Å². The van der Waals surface area contributed by atoms with Crippen molar-refractivity contribution in [1.29, 1.82) is 0 Å². The third-order valence-corrected chi connectivity index (χ3v) is 5.52. The maximum Gasteiger partial charge on any atom is 0.262 e. The molecule has 3 aliphatic rings. The fourth-order valence-corrected chi connectivity index (χ4v) is 4.37. The van der Waals surface area contributed by atoms with Crippen molar-refractivity contribution in [3.63, 3.8) is 0 Å². The van der Waals surface area contributed by atoms with E-state index in [4.69, 9.17) is 4.74 Å². The van der Waals surface area contributed by atoms with Gasteiger partial charge in [0.2, 0.25) is 0 Å². The van der Waals surface area contributed by atoms with Crippen LogP contribution in [0.5, 0.6) is 5.75 Å². The predicted octanol–water partition coefficient (Wildman–Crippen LogP) is 3.89. The molecule has 3 heterocycles. The summed E-state index contributed by atoms with van der Waals surface area (Å²) in [5, 5.41) is 6.22. The summed E-state index contributed by atoms with van der Waals surface area (Å²) in [6.07, 6.45) is 5.37. The lowest BCUT2D eigenvalue weighted by Gasteiger charge is -2.24. The van der Waals surface area contributed by atoms with Gasteiger partial charge in [0.1, 0.15) is 5.75 Å². The van der Waals surface area contributed by atoms with Crippen LogP contribution in [0.2, 0.25) is 0 Å². The molecule has 0 aliphatic carbocycles. The van der Waals surface area contributed by atoms with Gasteiger partial charge in [-0.15, -0.1) is 0 Å². The number of carbonyl (C=O) groups excluding carboxylic acids is 1. The Hall–Kier alpha value is -2.69. The number of fused-ring (bicyclic) bond motifs is 3. The molecule has 2 fully saturated rings. The molecule has 2 aromatic rings. The number of ether oxygens (including phenoxy) is 1. The summed E-state index contributed by atoms with van der Waals surface area (Å²) < 4.78 is 5.47. The summed E-state index contributed by atoms with van der Waals surface area (Å²) in [5.74, 6) is 0.592. The lowest BCUT2D eigenvalue weighted by molar-refractivity contribution is -0.118. The topological polar surface area (TPSA) is 53.6 Å². The Kier molecular flexibility index (Phi) is 3.33. The average molecular weight is 335 g/mol. The monoisotopic (exact) mass is 335 g/mol. The first kappa shape index (κ1) is 14.6. The van der Waals surface area contributed by atoms with Crippen LogP contribution in [0.4, 0.5) is 22.7 Å². The van der Waals surface area contributed by atoms with E-state index < -0.39 is 0 Å². The third-order valence-electron chi connectivity index (χ3n) is 5.52. The molecule has 0 radical (unpaired) electrons. The molecule has 128 valence electrons. The number of carbonyl (C=O) groups is 1. The molecule has 5 nitrogen and oxygen atoms in total. The number of hydrogen-bond acceptors (Lipinski definition) is 4. The van der Waals surface area contributed by atoms with Gasteiger partial charge in [-0.1, -0.05) is 0 Å². The van der Waals surface area contributed by atoms with Gasteiger partial charge in [0, 0.05) is 35.2 Å². The van der Waals surface area contributed by atoms with Crippen molar-refractivity contribution in [2.45, 2.75) is 37.8 Å². The summed E-state index contributed by atoms with van der Waals surface area (Å²) in [6, 6.07) is 15.9. The van der Waals surface area contributed by atoms with Crippen molar-refractivity contribution in [3.8, 4) is 5.75 Å². The van der Waals surface area contributed by atoms with E-state index in [-0.39, 0.29) is 12.5 Å². The van der Waals surface area contributed by atoms with E-state index in [1.165, 1.54) is 31.4 Å². The van der Waals surface area contributed by atoms with Crippen LogP contribution < -0.4 is 20.3 Å². The fraction of sp³-hybridized carbons (Fsp3) is 0.350. The van der Waals surface area contributed by atoms with Gasteiger partial charge in [-0.2, -0.15) is 0 Å². The predicted molar refractivity (Wildman–Crippen MR) is 98.8 cm³/mol. The van der Waals surface area contributed by atoms with Crippen molar-refractivity contribution < 1.29 is 9.53 Å². The Balaban J connectivity index is 1.32. The van der Waals surface area contributed by atoms with Crippen LogP contribution in [0.1, 0.15) is 25.7 Å². The smallest absolute Gasteiger partial charge is 0.262 e. The summed E-state index contributed by atoms with van der Waals surface area (Å²) in [5.41, 5.74) is 4.06. The Bertz CT molecular complexity index is 798. The fourth-order valence-electron chi connectivity index (χ4n) is 4.37. The second-order valence-electron chi connectivity index (χ2n) is 7.09. The average Bonchev–Trinajstić information content (AvgIpc) is 3.23. The Morgan fingerprint density at radius 3 is 2.36 bits per heavy atom. The van der Waals surface area contributed by atoms with Gasteiger partial charge in [-0.05, 0) is 62.1 Å². The van der Waals surface area contributed by atoms with Crippen molar-refractivity contribution in [2.75, 3.05) is 22.1 Å². The molecule has 1 amide bonds. The molecule has 0 atom stereocenters. The molecular formula is C20H21N3O2. The standard InChI is InChI=1S/C20H21N3O2/c24-20-12-25-19-11-14(3-10-18(19)22-20)21-13-1-4-15(5-2-13)23-16-6-7-17(23)9-8-16/h1-5,10-11,16-17,21H,6-9,12H2,(H,22,24). The van der Waals surface area contributed by atoms with E-state index in [1.54, 1.807) is 0 Å². The number of rotatable bonds is 3. The first-order valence-corrected chi connectivity index (χ1v) is 8.98. The minimum Gasteiger partial charge on any atom is -0.482 e. The van der Waals surface area contributed by atoms with Crippen LogP contribution in [-0.4, -0.2) is 24.6 Å². The number of nitrogens with one attached hydrogen (secondary N) is 2. The maximum absolute atomic E-state index is 11.3. The van der Waals surface area contributed by atoms with Gasteiger partial charge in [0.25, 0.3) is 5.91 Å². The van der Waals surface area contributed by atoms with Crippen molar-refractivity contribution in [1.82, 2.24) is 0 Å². The maximum atomic E-state index is 11.3. The third kappa shape index (κ3) is 2.60. The van der Waals surface area contributed by atoms with E-state index in [2.05, 4.69) is 39.8 Å². The number of amides is 1. The zero-order valence-corrected chi connectivity index (χ0v) is 14.0. The van der Waals surface area contributed by atoms with Gasteiger partial charge in [-0.25, -0.2) is 0 Å². The van der Waals surface area contributed by atoms with Gasteiger partial charge >= 0.3 is 0 Å². The van der Waals surface area contributed by atoms with Crippen LogP contribution >= 0.6 is 0 Å². The van der Waals surface area contributed by atoms with Crippen molar-refractivity contribution >= 4 is 28.7 Å². The van der Waals surface area contributed by atoms with Crippen molar-refractivity contribution in [2.24, 2.45) is 0 Å². The summed E-state index contributed by atoms with van der Waals surface area (Å²) in [6.45, 7) is 0.0727. The number of nitrogens with zero attached hydrogens (tertiary/aromatic N) is 1. The SMILES string of the molecule is O=C1COc2cc(Nc3ccc(N4C5CCC4CC5)cc3)ccc2N1. The van der Waals surface area contributed by atoms with Gasteiger partial charge < -0.3 is 20.3 Å². The van der Waals surface area contributed by atoms with Gasteiger partial charge in [0.05, 0.1) is 5.69 Å². The first-order valence-electron chi connectivity index (χ1n) is 8.98. The van der Waals surface area contributed by atoms with Crippen LogP contribution in [0, 0.1) is 0 Å². The molecule has 2 saturated heterocycles. The summed E-state index contributed by atoms with van der Waals surface area (Å²) >= 11 is 0. The minimum absolute atomic E-state index is 0.0727. The quantitative estimate of drug-likeness (QED) is 0.893. The lowest BCUT2D eigenvalue weighted by atomic mass is 10.0. The Labute approximate surface area is 147 Å². The van der Waals surface area contributed by atoms with Crippen LogP contribution in [0.15, 0.2) is 42.5 Å². The van der Waals surface area contributed by atoms with Crippen molar-refractivity contribution in [3.05, 3.63) is 42.5 Å².